The lowest BCUT2D eigenvalue weighted by Crippen LogP contribution is -2.44. The molecule has 1 aliphatic heterocycles. The molecule has 2 fully saturated rings. The maximum absolute atomic E-state index is 12.7. The molecule has 7 nitrogen and oxygen atoms in total. The number of rotatable bonds is 8. The van der Waals surface area contributed by atoms with Gasteiger partial charge in [-0.15, -0.1) is 0 Å². The summed E-state index contributed by atoms with van der Waals surface area (Å²) in [5.41, 5.74) is 2.41. The Hall–Kier alpha value is -2.93. The van der Waals surface area contributed by atoms with Crippen molar-refractivity contribution >= 4 is 11.6 Å². The average molecular weight is 466 g/mol. The highest BCUT2D eigenvalue weighted by Crippen LogP contribution is 2.37. The monoisotopic (exact) mass is 465 g/mol. The van der Waals surface area contributed by atoms with E-state index in [0.717, 1.165) is 50.3 Å². The Morgan fingerprint density at radius 1 is 1.12 bits per heavy atom. The normalized spacial score (nSPS) is 21.4. The SMILES string of the molecule is COc1cccc([C@H]2CN(Cc3ccc([N+](=O)[O-])cc3)C[C@H]2CN(C(C)=O)C2CCCCC2)c1. The van der Waals surface area contributed by atoms with Crippen molar-refractivity contribution in [3.05, 3.63) is 69.8 Å². The fraction of sp³-hybridized carbons (Fsp3) is 0.519. The number of carbonyl (C=O) groups is 1. The molecule has 1 aliphatic carbocycles. The predicted octanol–water partition coefficient (Wildman–Crippen LogP) is 5.00. The molecule has 2 atom stereocenters. The molecular weight excluding hydrogens is 430 g/mol. The lowest BCUT2D eigenvalue weighted by Gasteiger charge is -2.36. The molecule has 0 spiro atoms. The molecule has 0 aromatic heterocycles. The Labute approximate surface area is 201 Å². The third kappa shape index (κ3) is 5.76. The van der Waals surface area contributed by atoms with E-state index in [2.05, 4.69) is 21.9 Å². The van der Waals surface area contributed by atoms with Gasteiger partial charge >= 0.3 is 0 Å². The van der Waals surface area contributed by atoms with Gasteiger partial charge in [0.25, 0.3) is 5.69 Å². The third-order valence-electron chi connectivity index (χ3n) is 7.44. The van der Waals surface area contributed by atoms with Gasteiger partial charge in [0, 0.05) is 57.2 Å². The molecule has 0 unspecified atom stereocenters. The summed E-state index contributed by atoms with van der Waals surface area (Å²) in [5, 5.41) is 11.0. The van der Waals surface area contributed by atoms with Crippen molar-refractivity contribution < 1.29 is 14.5 Å². The molecule has 1 amide bonds. The Morgan fingerprint density at radius 3 is 2.50 bits per heavy atom. The van der Waals surface area contributed by atoms with Crippen LogP contribution in [0.4, 0.5) is 5.69 Å². The van der Waals surface area contributed by atoms with Crippen molar-refractivity contribution in [2.24, 2.45) is 5.92 Å². The minimum absolute atomic E-state index is 0.113. The van der Waals surface area contributed by atoms with Crippen LogP contribution in [0, 0.1) is 16.0 Å². The molecule has 2 aromatic carbocycles. The Morgan fingerprint density at radius 2 is 1.85 bits per heavy atom. The van der Waals surface area contributed by atoms with Crippen LogP contribution in [0.1, 0.15) is 56.1 Å². The zero-order valence-corrected chi connectivity index (χ0v) is 20.2. The molecule has 1 saturated carbocycles. The fourth-order valence-electron chi connectivity index (χ4n) is 5.69. The van der Waals surface area contributed by atoms with E-state index in [1.54, 1.807) is 26.2 Å². The van der Waals surface area contributed by atoms with Crippen molar-refractivity contribution in [2.45, 2.75) is 57.5 Å². The molecule has 1 heterocycles. The van der Waals surface area contributed by atoms with Crippen molar-refractivity contribution in [3.8, 4) is 5.75 Å². The van der Waals surface area contributed by atoms with Crippen LogP contribution in [0.2, 0.25) is 0 Å². The van der Waals surface area contributed by atoms with E-state index in [-0.39, 0.29) is 16.5 Å². The largest absolute Gasteiger partial charge is 0.497 e. The van der Waals surface area contributed by atoms with Gasteiger partial charge in [-0.05, 0) is 42.0 Å². The fourth-order valence-corrected chi connectivity index (χ4v) is 5.69. The van der Waals surface area contributed by atoms with Gasteiger partial charge < -0.3 is 9.64 Å². The first kappa shape index (κ1) is 24.2. The highest BCUT2D eigenvalue weighted by atomic mass is 16.6. The second-order valence-electron chi connectivity index (χ2n) is 9.72. The Kier molecular flexibility index (Phi) is 7.83. The summed E-state index contributed by atoms with van der Waals surface area (Å²) < 4.78 is 5.48. The quantitative estimate of drug-likeness (QED) is 0.405. The molecule has 182 valence electrons. The topological polar surface area (TPSA) is 75.9 Å². The van der Waals surface area contributed by atoms with E-state index in [1.165, 1.54) is 24.8 Å². The second kappa shape index (κ2) is 11.0. The summed E-state index contributed by atoms with van der Waals surface area (Å²) in [4.78, 5) is 27.8. The van der Waals surface area contributed by atoms with Crippen LogP contribution in [0.5, 0.6) is 5.75 Å². The number of hydrogen-bond acceptors (Lipinski definition) is 5. The van der Waals surface area contributed by atoms with Crippen LogP contribution in [-0.4, -0.2) is 53.4 Å². The van der Waals surface area contributed by atoms with Crippen LogP contribution in [0.3, 0.4) is 0 Å². The number of likely N-dealkylation sites (tertiary alicyclic amines) is 1. The zero-order chi connectivity index (χ0) is 24.1. The third-order valence-corrected chi connectivity index (χ3v) is 7.44. The first-order chi connectivity index (χ1) is 16.4. The van der Waals surface area contributed by atoms with Crippen molar-refractivity contribution in [1.82, 2.24) is 9.80 Å². The molecule has 4 rings (SSSR count). The summed E-state index contributed by atoms with van der Waals surface area (Å²) in [6, 6.07) is 15.5. The van der Waals surface area contributed by atoms with E-state index in [0.29, 0.717) is 17.9 Å². The van der Waals surface area contributed by atoms with Crippen LogP contribution in [0.15, 0.2) is 48.5 Å². The van der Waals surface area contributed by atoms with Crippen LogP contribution < -0.4 is 4.74 Å². The number of amides is 1. The molecule has 34 heavy (non-hydrogen) atoms. The van der Waals surface area contributed by atoms with Gasteiger partial charge in [0.1, 0.15) is 5.75 Å². The number of ether oxygens (including phenoxy) is 1. The number of nitro benzene ring substituents is 1. The van der Waals surface area contributed by atoms with Crippen molar-refractivity contribution in [2.75, 3.05) is 26.7 Å². The summed E-state index contributed by atoms with van der Waals surface area (Å²) >= 11 is 0. The molecule has 2 aromatic rings. The number of non-ortho nitro benzene ring substituents is 1. The first-order valence-corrected chi connectivity index (χ1v) is 12.3. The lowest BCUT2D eigenvalue weighted by atomic mass is 9.87. The molecule has 2 aliphatic rings. The molecule has 1 saturated heterocycles. The predicted molar refractivity (Wildman–Crippen MR) is 132 cm³/mol. The van der Waals surface area contributed by atoms with Crippen LogP contribution in [0.25, 0.3) is 0 Å². The molecule has 7 heteroatoms. The van der Waals surface area contributed by atoms with Gasteiger partial charge in [0.05, 0.1) is 12.0 Å². The molecule has 0 bridgehead atoms. The maximum atomic E-state index is 12.7. The highest BCUT2D eigenvalue weighted by Gasteiger charge is 2.37. The van der Waals surface area contributed by atoms with E-state index in [4.69, 9.17) is 4.74 Å². The number of hydrogen-bond donors (Lipinski definition) is 0. The van der Waals surface area contributed by atoms with Crippen molar-refractivity contribution in [1.29, 1.82) is 0 Å². The summed E-state index contributed by atoms with van der Waals surface area (Å²) in [5.74, 6) is 1.63. The van der Waals surface area contributed by atoms with E-state index >= 15 is 0 Å². The zero-order valence-electron chi connectivity index (χ0n) is 20.2. The number of nitro groups is 1. The maximum Gasteiger partial charge on any atom is 0.269 e. The van der Waals surface area contributed by atoms with Crippen LogP contribution >= 0.6 is 0 Å². The smallest absolute Gasteiger partial charge is 0.269 e. The van der Waals surface area contributed by atoms with Gasteiger partial charge in [0.2, 0.25) is 5.91 Å². The minimum Gasteiger partial charge on any atom is -0.497 e. The van der Waals surface area contributed by atoms with E-state index in [9.17, 15) is 14.9 Å². The number of carbonyl (C=O) groups excluding carboxylic acids is 1. The number of methoxy groups -OCH3 is 1. The minimum atomic E-state index is -0.365. The molecular formula is C27H35N3O4. The van der Waals surface area contributed by atoms with Gasteiger partial charge in [-0.2, -0.15) is 0 Å². The van der Waals surface area contributed by atoms with E-state index in [1.807, 2.05) is 24.3 Å². The number of nitrogens with zero attached hydrogens (tertiary/aromatic N) is 3. The highest BCUT2D eigenvalue weighted by molar-refractivity contribution is 5.73. The standard InChI is InChI=1S/C27H35N3O4/c1-20(31)29(24-8-4-3-5-9-24)18-23-17-28(16-21-11-13-25(14-12-21)30(32)33)19-27(23)22-7-6-10-26(15-22)34-2/h6-7,10-15,23-24,27H,3-5,8-9,16-19H2,1-2H3/t23-,27+/m0/s1. The summed E-state index contributed by atoms with van der Waals surface area (Å²) in [6.07, 6.45) is 5.86. The van der Waals surface area contributed by atoms with Gasteiger partial charge in [-0.1, -0.05) is 43.5 Å². The first-order valence-electron chi connectivity index (χ1n) is 12.3. The van der Waals surface area contributed by atoms with Gasteiger partial charge in [0.15, 0.2) is 0 Å². The average Bonchev–Trinajstić information content (AvgIpc) is 3.25. The lowest BCUT2D eigenvalue weighted by molar-refractivity contribution is -0.384. The second-order valence-corrected chi connectivity index (χ2v) is 9.72. The molecule has 0 N–H and O–H groups in total. The van der Waals surface area contributed by atoms with E-state index < -0.39 is 0 Å². The van der Waals surface area contributed by atoms with Crippen LogP contribution in [-0.2, 0) is 11.3 Å². The van der Waals surface area contributed by atoms with Gasteiger partial charge in [-0.25, -0.2) is 0 Å². The summed E-state index contributed by atoms with van der Waals surface area (Å²) in [6.45, 7) is 4.97. The van der Waals surface area contributed by atoms with Gasteiger partial charge in [-0.3, -0.25) is 19.8 Å². The number of benzene rings is 2. The Bertz CT molecular complexity index is 988. The van der Waals surface area contributed by atoms with Crippen molar-refractivity contribution in [3.63, 3.8) is 0 Å². The molecule has 0 radical (unpaired) electrons. The Balaban J connectivity index is 1.54. The summed E-state index contributed by atoms with van der Waals surface area (Å²) in [7, 11) is 1.69.